The van der Waals surface area contributed by atoms with Crippen LogP contribution >= 0.6 is 11.3 Å². The van der Waals surface area contributed by atoms with Gasteiger partial charge in [0.1, 0.15) is 23.9 Å². The fourth-order valence-corrected chi connectivity index (χ4v) is 2.69. The van der Waals surface area contributed by atoms with Gasteiger partial charge >= 0.3 is 0 Å². The Morgan fingerprint density at radius 2 is 1.64 bits per heavy atom. The van der Waals surface area contributed by atoms with Gasteiger partial charge in [-0.3, -0.25) is 0 Å². The van der Waals surface area contributed by atoms with Gasteiger partial charge in [0, 0.05) is 23.7 Å². The molecule has 2 N–H and O–H groups in total. The lowest BCUT2D eigenvalue weighted by molar-refractivity contribution is 0.301. The Hall–Kier alpha value is -2.99. The van der Waals surface area contributed by atoms with Gasteiger partial charge in [0.15, 0.2) is 0 Å². The lowest BCUT2D eigenvalue weighted by atomic mass is 10.1. The van der Waals surface area contributed by atoms with E-state index in [2.05, 4.69) is 4.98 Å². The van der Waals surface area contributed by atoms with Crippen LogP contribution in [0.2, 0.25) is 0 Å². The molecule has 25 heavy (non-hydrogen) atoms. The lowest BCUT2D eigenvalue weighted by Gasteiger charge is -2.08. The minimum Gasteiger partial charge on any atom is -0.487 e. The molecule has 0 aliphatic carbocycles. The van der Waals surface area contributed by atoms with Crippen LogP contribution in [0.1, 0.15) is 17.7 Å². The van der Waals surface area contributed by atoms with E-state index >= 15 is 0 Å². The van der Waals surface area contributed by atoms with Gasteiger partial charge in [-0.1, -0.05) is 0 Å². The maximum atomic E-state index is 7.83. The first kappa shape index (κ1) is 16.9. The predicted molar refractivity (Wildman–Crippen MR) is 99.6 cm³/mol. The fraction of sp³-hybridized carbons (Fsp3) is 0.105. The monoisotopic (exact) mass is 351 g/mol. The zero-order chi connectivity index (χ0) is 17.5. The average Bonchev–Trinajstić information content (AvgIpc) is 3.15. The molecule has 1 heterocycles. The van der Waals surface area contributed by atoms with Crippen molar-refractivity contribution in [2.75, 3.05) is 0 Å². The van der Waals surface area contributed by atoms with E-state index in [0.717, 1.165) is 17.0 Å². The van der Waals surface area contributed by atoms with Crippen molar-refractivity contribution in [2.24, 2.45) is 0 Å². The molecule has 0 unspecified atom stereocenters. The Balaban J connectivity index is 1.57. The molecular weight excluding hydrogens is 334 g/mol. The second-order valence-corrected chi connectivity index (χ2v) is 5.97. The zero-order valence-electron chi connectivity index (χ0n) is 13.4. The van der Waals surface area contributed by atoms with Crippen LogP contribution in [-0.4, -0.2) is 16.9 Å². The van der Waals surface area contributed by atoms with E-state index in [-0.39, 0.29) is 0 Å². The predicted octanol–water partition coefficient (Wildman–Crippen LogP) is 4.92. The normalized spacial score (nSPS) is 10.2. The molecule has 2 aromatic carbocycles. The molecule has 5 nitrogen and oxygen atoms in total. The highest BCUT2D eigenvalue weighted by Gasteiger charge is 2.03. The van der Waals surface area contributed by atoms with Gasteiger partial charge in [0.05, 0.1) is 11.2 Å². The van der Waals surface area contributed by atoms with E-state index in [1.807, 2.05) is 53.9 Å². The topological polar surface area (TPSA) is 79.1 Å². The van der Waals surface area contributed by atoms with E-state index in [0.29, 0.717) is 30.2 Å². The third kappa shape index (κ3) is 4.74. The molecule has 0 saturated heterocycles. The average molecular weight is 351 g/mol. The smallest absolute Gasteiger partial charge is 0.131 e. The van der Waals surface area contributed by atoms with Crippen molar-refractivity contribution in [1.82, 2.24) is 4.98 Å². The molecule has 0 amide bonds. The SMILES string of the molecule is N=CCC(=N)c1ccc(Oc2ccc(OCc3cscn3)cc2)cc1. The summed E-state index contributed by atoms with van der Waals surface area (Å²) in [7, 11) is 0. The quantitative estimate of drug-likeness (QED) is 0.565. The molecule has 0 atom stereocenters. The van der Waals surface area contributed by atoms with E-state index in [1.54, 1.807) is 16.8 Å². The van der Waals surface area contributed by atoms with Crippen LogP contribution in [0.15, 0.2) is 59.4 Å². The molecule has 0 spiro atoms. The number of nitrogens with one attached hydrogen (secondary N) is 2. The summed E-state index contributed by atoms with van der Waals surface area (Å²) in [5.41, 5.74) is 3.91. The Bertz CT molecular complexity index is 828. The summed E-state index contributed by atoms with van der Waals surface area (Å²) < 4.78 is 11.5. The maximum Gasteiger partial charge on any atom is 0.131 e. The number of rotatable bonds is 8. The molecule has 0 aliphatic rings. The minimum absolute atomic E-state index is 0.336. The van der Waals surface area contributed by atoms with Crippen molar-refractivity contribution in [3.8, 4) is 17.2 Å². The molecular formula is C19H17N3O2S. The Morgan fingerprint density at radius 1 is 1.00 bits per heavy atom. The Morgan fingerprint density at radius 3 is 2.24 bits per heavy atom. The molecule has 1 aromatic heterocycles. The van der Waals surface area contributed by atoms with Gasteiger partial charge in [0.2, 0.25) is 0 Å². The van der Waals surface area contributed by atoms with Crippen LogP contribution in [-0.2, 0) is 6.61 Å². The number of thiazole rings is 1. The van der Waals surface area contributed by atoms with Gasteiger partial charge in [-0.05, 0) is 54.1 Å². The number of aromatic nitrogens is 1. The second kappa shape index (κ2) is 8.21. The molecule has 126 valence electrons. The third-order valence-corrected chi connectivity index (χ3v) is 4.07. The fourth-order valence-electron chi connectivity index (χ4n) is 2.15. The van der Waals surface area contributed by atoms with Crippen LogP contribution in [0.4, 0.5) is 0 Å². The molecule has 0 aliphatic heterocycles. The molecule has 6 heteroatoms. The van der Waals surface area contributed by atoms with E-state index < -0.39 is 0 Å². The number of nitrogens with zero attached hydrogens (tertiary/aromatic N) is 1. The van der Waals surface area contributed by atoms with Crippen molar-refractivity contribution in [3.63, 3.8) is 0 Å². The molecule has 0 radical (unpaired) electrons. The summed E-state index contributed by atoms with van der Waals surface area (Å²) in [6, 6.07) is 14.7. The summed E-state index contributed by atoms with van der Waals surface area (Å²) in [5.74, 6) is 2.17. The first-order valence-corrected chi connectivity index (χ1v) is 8.63. The highest BCUT2D eigenvalue weighted by molar-refractivity contribution is 7.07. The Kier molecular flexibility index (Phi) is 5.53. The number of hydrogen-bond donors (Lipinski definition) is 2. The van der Waals surface area contributed by atoms with E-state index in [1.165, 1.54) is 6.21 Å². The van der Waals surface area contributed by atoms with E-state index in [9.17, 15) is 0 Å². The van der Waals surface area contributed by atoms with Crippen molar-refractivity contribution >= 4 is 23.3 Å². The van der Waals surface area contributed by atoms with Crippen LogP contribution in [0, 0.1) is 10.8 Å². The van der Waals surface area contributed by atoms with Crippen molar-refractivity contribution in [3.05, 3.63) is 70.7 Å². The number of ether oxygens (including phenoxy) is 2. The molecule has 0 bridgehead atoms. The van der Waals surface area contributed by atoms with Gasteiger partial charge in [-0.25, -0.2) is 4.98 Å². The van der Waals surface area contributed by atoms with Gasteiger partial charge in [0.25, 0.3) is 0 Å². The summed E-state index contributed by atoms with van der Waals surface area (Å²) in [5, 5.41) is 16.8. The summed E-state index contributed by atoms with van der Waals surface area (Å²) >= 11 is 1.55. The minimum atomic E-state index is 0.336. The first-order chi connectivity index (χ1) is 12.2. The Labute approximate surface area is 149 Å². The van der Waals surface area contributed by atoms with Gasteiger partial charge in [-0.2, -0.15) is 0 Å². The number of benzene rings is 2. The lowest BCUT2D eigenvalue weighted by Crippen LogP contribution is -1.98. The van der Waals surface area contributed by atoms with Crippen molar-refractivity contribution in [2.45, 2.75) is 13.0 Å². The summed E-state index contributed by atoms with van der Waals surface area (Å²) in [6.45, 7) is 0.451. The first-order valence-electron chi connectivity index (χ1n) is 7.69. The second-order valence-electron chi connectivity index (χ2n) is 5.25. The van der Waals surface area contributed by atoms with Gasteiger partial charge in [-0.15, -0.1) is 11.3 Å². The summed E-state index contributed by atoms with van der Waals surface area (Å²) in [6.07, 6.45) is 1.56. The largest absolute Gasteiger partial charge is 0.487 e. The molecule has 0 saturated carbocycles. The molecule has 0 fully saturated rings. The van der Waals surface area contributed by atoms with Crippen LogP contribution in [0.25, 0.3) is 0 Å². The van der Waals surface area contributed by atoms with Crippen molar-refractivity contribution in [1.29, 1.82) is 10.8 Å². The summed E-state index contributed by atoms with van der Waals surface area (Å²) in [4.78, 5) is 4.18. The van der Waals surface area contributed by atoms with Crippen LogP contribution in [0.3, 0.4) is 0 Å². The molecule has 3 rings (SSSR count). The van der Waals surface area contributed by atoms with E-state index in [4.69, 9.17) is 20.3 Å². The molecule has 3 aromatic rings. The highest BCUT2D eigenvalue weighted by atomic mass is 32.1. The zero-order valence-corrected chi connectivity index (χ0v) is 14.3. The number of hydrogen-bond acceptors (Lipinski definition) is 6. The van der Waals surface area contributed by atoms with Crippen LogP contribution in [0.5, 0.6) is 17.2 Å². The third-order valence-electron chi connectivity index (χ3n) is 3.44. The van der Waals surface area contributed by atoms with Crippen molar-refractivity contribution < 1.29 is 9.47 Å². The standard InChI is InChI=1S/C19H17N3O2S/c20-10-9-19(21)14-1-3-17(4-2-14)24-18-7-5-16(6-8-18)23-11-15-12-25-13-22-15/h1-8,10,12-13,20-21H,9,11H2. The highest BCUT2D eigenvalue weighted by Crippen LogP contribution is 2.24. The van der Waals surface area contributed by atoms with Crippen LogP contribution < -0.4 is 9.47 Å². The maximum absolute atomic E-state index is 7.83. The van der Waals surface area contributed by atoms with Gasteiger partial charge < -0.3 is 20.3 Å².